The maximum Gasteiger partial charge on any atom is 0.320 e. The van der Waals surface area contributed by atoms with Crippen LogP contribution in [0.2, 0.25) is 5.02 Å². The van der Waals surface area contributed by atoms with Crippen molar-refractivity contribution in [2.24, 2.45) is 0 Å². The Morgan fingerprint density at radius 3 is 2.73 bits per heavy atom. The van der Waals surface area contributed by atoms with Crippen molar-refractivity contribution in [2.75, 3.05) is 26.2 Å². The molecule has 2 aliphatic heterocycles. The van der Waals surface area contributed by atoms with Crippen LogP contribution >= 0.6 is 11.6 Å². The molecular formula is C26H23ClN8O2. The Labute approximate surface area is 216 Å². The summed E-state index contributed by atoms with van der Waals surface area (Å²) in [4.78, 5) is 33.1. The molecule has 5 aromatic rings. The van der Waals surface area contributed by atoms with E-state index in [2.05, 4.69) is 20.1 Å². The van der Waals surface area contributed by atoms with Crippen molar-refractivity contribution in [3.05, 3.63) is 59.8 Å². The fraction of sp³-hybridized carbons (Fsp3) is 0.269. The molecule has 2 fully saturated rings. The number of carbonyl (C=O) groups excluding carboxylic acids is 1. The number of nitrogens with zero attached hydrogens (tertiary/aromatic N) is 7. The predicted molar refractivity (Wildman–Crippen MR) is 139 cm³/mol. The Hall–Kier alpha value is -4.18. The standard InChI is InChI=1S/C26H23ClN8O2/c1-15-30-19-4-3-18(9-21(19)31-15)37-23-6-5-20-25(24(23)27)32-22(11-28-20)16-10-29-35(12-16)17-13-34(14-17)26(36)33-7-2-8-33/h3-6,9-12,17H,2,7-8,13-14H2,1H3,(H,30,31). The summed E-state index contributed by atoms with van der Waals surface area (Å²) in [6.45, 7) is 4.96. The minimum absolute atomic E-state index is 0.127. The second-order valence-electron chi connectivity index (χ2n) is 9.49. The molecule has 2 saturated heterocycles. The molecule has 11 heteroatoms. The highest BCUT2D eigenvalue weighted by Crippen LogP contribution is 2.36. The number of rotatable bonds is 4. The van der Waals surface area contributed by atoms with Crippen LogP contribution in [-0.4, -0.2) is 71.7 Å². The average Bonchev–Trinajstić information content (AvgIpc) is 3.44. The van der Waals surface area contributed by atoms with Crippen LogP contribution in [0.4, 0.5) is 4.79 Å². The van der Waals surface area contributed by atoms with E-state index in [0.717, 1.165) is 41.9 Å². The number of benzene rings is 2. The number of likely N-dealkylation sites (tertiary alicyclic amines) is 2. The summed E-state index contributed by atoms with van der Waals surface area (Å²) in [5.74, 6) is 1.98. The number of aromatic amines is 1. The minimum atomic E-state index is 0.127. The van der Waals surface area contributed by atoms with E-state index >= 15 is 0 Å². The number of hydrogen-bond acceptors (Lipinski definition) is 6. The van der Waals surface area contributed by atoms with Crippen LogP contribution < -0.4 is 4.74 Å². The third-order valence-electron chi connectivity index (χ3n) is 6.95. The molecule has 37 heavy (non-hydrogen) atoms. The van der Waals surface area contributed by atoms with Gasteiger partial charge in [0.05, 0.1) is 40.7 Å². The van der Waals surface area contributed by atoms with Crippen molar-refractivity contribution in [3.8, 4) is 22.8 Å². The summed E-state index contributed by atoms with van der Waals surface area (Å²) in [5.41, 5.74) is 4.50. The van der Waals surface area contributed by atoms with Crippen LogP contribution in [0.3, 0.4) is 0 Å². The molecule has 186 valence electrons. The molecule has 0 unspecified atom stereocenters. The van der Waals surface area contributed by atoms with E-state index in [1.54, 1.807) is 18.5 Å². The van der Waals surface area contributed by atoms with Gasteiger partial charge in [0.2, 0.25) is 0 Å². The topological polar surface area (TPSA) is 105 Å². The molecule has 0 aliphatic carbocycles. The zero-order valence-electron chi connectivity index (χ0n) is 20.1. The van der Waals surface area contributed by atoms with E-state index in [9.17, 15) is 4.79 Å². The highest BCUT2D eigenvalue weighted by atomic mass is 35.5. The number of ether oxygens (including phenoxy) is 1. The lowest BCUT2D eigenvalue weighted by molar-refractivity contribution is 0.0741. The Morgan fingerprint density at radius 2 is 1.92 bits per heavy atom. The summed E-state index contributed by atoms with van der Waals surface area (Å²) < 4.78 is 8.00. The lowest BCUT2D eigenvalue weighted by Crippen LogP contribution is -2.58. The van der Waals surface area contributed by atoms with Crippen molar-refractivity contribution < 1.29 is 9.53 Å². The maximum absolute atomic E-state index is 12.3. The molecule has 2 aliphatic rings. The molecule has 2 amide bonds. The second-order valence-corrected chi connectivity index (χ2v) is 9.87. The van der Waals surface area contributed by atoms with E-state index in [1.807, 2.05) is 51.9 Å². The zero-order chi connectivity index (χ0) is 25.1. The number of urea groups is 1. The summed E-state index contributed by atoms with van der Waals surface area (Å²) >= 11 is 6.74. The number of imidazole rings is 1. The highest BCUT2D eigenvalue weighted by Gasteiger charge is 2.36. The van der Waals surface area contributed by atoms with Crippen molar-refractivity contribution in [1.29, 1.82) is 0 Å². The van der Waals surface area contributed by atoms with Crippen LogP contribution in [0.1, 0.15) is 18.3 Å². The SMILES string of the molecule is Cc1nc2ccc(Oc3ccc4ncc(-c5cnn(C6CN(C(=O)N7CCC7)C6)c5)nc4c3Cl)cc2[nH]1. The lowest BCUT2D eigenvalue weighted by Gasteiger charge is -2.44. The van der Waals surface area contributed by atoms with Gasteiger partial charge >= 0.3 is 6.03 Å². The quantitative estimate of drug-likeness (QED) is 0.369. The summed E-state index contributed by atoms with van der Waals surface area (Å²) in [6.07, 6.45) is 6.53. The van der Waals surface area contributed by atoms with E-state index < -0.39 is 0 Å². The van der Waals surface area contributed by atoms with Gasteiger partial charge < -0.3 is 19.5 Å². The molecule has 1 N–H and O–H groups in total. The molecule has 0 bridgehead atoms. The Morgan fingerprint density at radius 1 is 1.08 bits per heavy atom. The van der Waals surface area contributed by atoms with Crippen molar-refractivity contribution in [2.45, 2.75) is 19.4 Å². The third-order valence-corrected chi connectivity index (χ3v) is 7.31. The fourth-order valence-corrected chi connectivity index (χ4v) is 4.95. The molecule has 3 aromatic heterocycles. The lowest BCUT2D eigenvalue weighted by atomic mass is 10.1. The first-order valence-corrected chi connectivity index (χ1v) is 12.6. The van der Waals surface area contributed by atoms with Crippen LogP contribution in [0.25, 0.3) is 33.3 Å². The molecule has 0 atom stereocenters. The van der Waals surface area contributed by atoms with E-state index in [-0.39, 0.29) is 12.1 Å². The summed E-state index contributed by atoms with van der Waals surface area (Å²) in [6, 6.07) is 9.58. The number of nitrogens with one attached hydrogen (secondary N) is 1. The van der Waals surface area contributed by atoms with Crippen LogP contribution in [0, 0.1) is 6.92 Å². The van der Waals surface area contributed by atoms with Gasteiger partial charge in [0.1, 0.15) is 27.9 Å². The number of hydrogen-bond donors (Lipinski definition) is 1. The number of halogens is 1. The number of amides is 2. The number of aryl methyl sites for hydroxylation is 1. The average molecular weight is 515 g/mol. The molecule has 5 heterocycles. The normalized spacial score (nSPS) is 15.7. The van der Waals surface area contributed by atoms with Gasteiger partial charge in [0.25, 0.3) is 0 Å². The van der Waals surface area contributed by atoms with Crippen molar-refractivity contribution in [3.63, 3.8) is 0 Å². The first-order valence-electron chi connectivity index (χ1n) is 12.2. The molecule has 0 saturated carbocycles. The highest BCUT2D eigenvalue weighted by molar-refractivity contribution is 6.36. The van der Waals surface area contributed by atoms with Crippen molar-refractivity contribution >= 4 is 39.7 Å². The fourth-order valence-electron chi connectivity index (χ4n) is 4.71. The second kappa shape index (κ2) is 8.45. The Bertz CT molecular complexity index is 1670. The first-order chi connectivity index (χ1) is 18.0. The maximum atomic E-state index is 12.3. The Balaban J connectivity index is 1.12. The van der Waals surface area contributed by atoms with Gasteiger partial charge in [0.15, 0.2) is 0 Å². The Kier molecular flexibility index (Phi) is 5.03. The molecule has 2 aromatic carbocycles. The minimum Gasteiger partial charge on any atom is -0.456 e. The number of H-pyrrole nitrogens is 1. The van der Waals surface area contributed by atoms with E-state index in [4.69, 9.17) is 21.3 Å². The van der Waals surface area contributed by atoms with Gasteiger partial charge in [0, 0.05) is 44.0 Å². The number of carbonyl (C=O) groups is 1. The van der Waals surface area contributed by atoms with Gasteiger partial charge in [-0.15, -0.1) is 0 Å². The molecule has 0 radical (unpaired) electrons. The van der Waals surface area contributed by atoms with Crippen molar-refractivity contribution in [1.82, 2.24) is 39.5 Å². The van der Waals surface area contributed by atoms with E-state index in [0.29, 0.717) is 46.3 Å². The smallest absolute Gasteiger partial charge is 0.320 e. The van der Waals surface area contributed by atoms with Gasteiger partial charge in [-0.05, 0) is 37.6 Å². The summed E-state index contributed by atoms with van der Waals surface area (Å²) in [7, 11) is 0. The molecular weight excluding hydrogens is 492 g/mol. The van der Waals surface area contributed by atoms with Gasteiger partial charge in [-0.2, -0.15) is 5.10 Å². The number of fused-ring (bicyclic) bond motifs is 2. The molecule has 0 spiro atoms. The number of aromatic nitrogens is 6. The monoisotopic (exact) mass is 514 g/mol. The largest absolute Gasteiger partial charge is 0.456 e. The van der Waals surface area contributed by atoms with E-state index in [1.165, 1.54) is 0 Å². The first kappa shape index (κ1) is 22.1. The van der Waals surface area contributed by atoms with Gasteiger partial charge in [-0.3, -0.25) is 9.67 Å². The van der Waals surface area contributed by atoms with Crippen LogP contribution in [0.15, 0.2) is 48.9 Å². The third kappa shape index (κ3) is 3.84. The summed E-state index contributed by atoms with van der Waals surface area (Å²) in [5, 5.41) is 4.91. The zero-order valence-corrected chi connectivity index (χ0v) is 20.8. The van der Waals surface area contributed by atoms with Gasteiger partial charge in [-0.1, -0.05) is 11.6 Å². The van der Waals surface area contributed by atoms with Crippen LogP contribution in [-0.2, 0) is 0 Å². The molecule has 10 nitrogen and oxygen atoms in total. The molecule has 7 rings (SSSR count). The van der Waals surface area contributed by atoms with Gasteiger partial charge in [-0.25, -0.2) is 14.8 Å². The predicted octanol–water partition coefficient (Wildman–Crippen LogP) is 4.81. The van der Waals surface area contributed by atoms with Crippen LogP contribution in [0.5, 0.6) is 11.5 Å².